The second kappa shape index (κ2) is 8.07. The lowest BCUT2D eigenvalue weighted by Gasteiger charge is -2.32. The van der Waals surface area contributed by atoms with E-state index in [1.807, 2.05) is 32.9 Å². The summed E-state index contributed by atoms with van der Waals surface area (Å²) in [6.07, 6.45) is 0. The van der Waals surface area contributed by atoms with Crippen LogP contribution in [0.15, 0.2) is 21.6 Å². The van der Waals surface area contributed by atoms with Crippen LogP contribution in [0.4, 0.5) is 0 Å². The Balaban J connectivity index is 2.53. The van der Waals surface area contributed by atoms with Gasteiger partial charge in [0.2, 0.25) is 0 Å². The van der Waals surface area contributed by atoms with Gasteiger partial charge in [0.15, 0.2) is 16.6 Å². The molecule has 0 radical (unpaired) electrons. The van der Waals surface area contributed by atoms with Gasteiger partial charge >= 0.3 is 0 Å². The number of nitrogens with one attached hydrogen (secondary N) is 1. The van der Waals surface area contributed by atoms with E-state index < -0.39 is 0 Å². The predicted molar refractivity (Wildman–Crippen MR) is 102 cm³/mol. The topological polar surface area (TPSA) is 59.9 Å². The molecule has 2 atom stereocenters. The van der Waals surface area contributed by atoms with Gasteiger partial charge in [-0.3, -0.25) is 4.79 Å². The second-order valence-corrected chi connectivity index (χ2v) is 6.70. The summed E-state index contributed by atoms with van der Waals surface area (Å²) in [5.41, 5.74) is 1.61. The number of carbonyl (C=O) groups excluding carboxylic acids is 1. The summed E-state index contributed by atoms with van der Waals surface area (Å²) in [7, 11) is 0. The van der Waals surface area contributed by atoms with Crippen molar-refractivity contribution in [3.8, 4) is 11.5 Å². The van der Waals surface area contributed by atoms with Crippen molar-refractivity contribution in [2.24, 2.45) is 10.9 Å². The van der Waals surface area contributed by atoms with Crippen molar-refractivity contribution in [1.29, 1.82) is 0 Å². The van der Waals surface area contributed by atoms with Gasteiger partial charge in [-0.05, 0) is 57.6 Å². The summed E-state index contributed by atoms with van der Waals surface area (Å²) in [6, 6.07) is 3.47. The van der Waals surface area contributed by atoms with Crippen LogP contribution < -0.4 is 14.8 Å². The molecule has 0 spiro atoms. The average molecular weight is 413 g/mol. The van der Waals surface area contributed by atoms with E-state index in [-0.39, 0.29) is 17.7 Å². The summed E-state index contributed by atoms with van der Waals surface area (Å²) >= 11 is 8.80. The summed E-state index contributed by atoms with van der Waals surface area (Å²) < 4.78 is 12.2. The molecule has 0 fully saturated rings. The van der Waals surface area contributed by atoms with E-state index in [4.69, 9.17) is 21.7 Å². The van der Waals surface area contributed by atoms with Crippen LogP contribution in [-0.2, 0) is 4.79 Å². The molecule has 2 unspecified atom stereocenters. The van der Waals surface area contributed by atoms with Crippen LogP contribution in [0, 0.1) is 5.92 Å². The molecule has 1 heterocycles. The third-order valence-electron chi connectivity index (χ3n) is 3.78. The monoisotopic (exact) mass is 412 g/mol. The van der Waals surface area contributed by atoms with Crippen LogP contribution in [0.1, 0.15) is 39.3 Å². The average Bonchev–Trinajstić information content (AvgIpc) is 2.49. The van der Waals surface area contributed by atoms with Gasteiger partial charge in [-0.15, -0.1) is 0 Å². The van der Waals surface area contributed by atoms with E-state index in [1.165, 1.54) is 0 Å². The Kier molecular flexibility index (Phi) is 6.34. The molecule has 1 aliphatic rings. The van der Waals surface area contributed by atoms with Gasteiger partial charge in [0.05, 0.1) is 25.2 Å². The van der Waals surface area contributed by atoms with Gasteiger partial charge in [-0.25, -0.2) is 4.99 Å². The molecule has 1 aliphatic heterocycles. The highest BCUT2D eigenvalue weighted by atomic mass is 79.9. The van der Waals surface area contributed by atoms with Gasteiger partial charge < -0.3 is 14.8 Å². The minimum absolute atomic E-state index is 0.0370. The summed E-state index contributed by atoms with van der Waals surface area (Å²) in [6.45, 7) is 8.30. The fourth-order valence-electron chi connectivity index (χ4n) is 2.83. The number of ketones is 1. The highest BCUT2D eigenvalue weighted by molar-refractivity contribution is 9.10. The van der Waals surface area contributed by atoms with Crippen molar-refractivity contribution < 1.29 is 14.3 Å². The smallest absolute Gasteiger partial charge is 0.193 e. The number of carbonyl (C=O) groups is 1. The van der Waals surface area contributed by atoms with Gasteiger partial charge in [0, 0.05) is 10.2 Å². The van der Waals surface area contributed by atoms with Crippen molar-refractivity contribution in [1.82, 2.24) is 5.32 Å². The molecule has 1 aromatic rings. The molecule has 0 aliphatic carbocycles. The first-order chi connectivity index (χ1) is 11.4. The zero-order valence-corrected chi connectivity index (χ0v) is 16.6. The molecule has 5 nitrogen and oxygen atoms in total. The van der Waals surface area contributed by atoms with Gasteiger partial charge in [-0.2, -0.15) is 0 Å². The molecule has 0 amide bonds. The van der Waals surface area contributed by atoms with E-state index >= 15 is 0 Å². The summed E-state index contributed by atoms with van der Waals surface area (Å²) in [5.74, 6) is 0.973. The molecule has 1 N–H and O–H groups in total. The van der Waals surface area contributed by atoms with Crippen molar-refractivity contribution >= 4 is 44.8 Å². The Morgan fingerprint density at radius 3 is 2.42 bits per heavy atom. The molecule has 2 rings (SSSR count). The third kappa shape index (κ3) is 3.95. The number of rotatable bonds is 6. The molecule has 7 heteroatoms. The molecule has 130 valence electrons. The minimum atomic E-state index is -0.375. The highest BCUT2D eigenvalue weighted by Gasteiger charge is 2.35. The van der Waals surface area contributed by atoms with E-state index in [9.17, 15) is 4.79 Å². The zero-order valence-electron chi connectivity index (χ0n) is 14.2. The first-order valence-corrected chi connectivity index (χ1v) is 9.04. The molecular weight excluding hydrogens is 392 g/mol. The largest absolute Gasteiger partial charge is 0.490 e. The van der Waals surface area contributed by atoms with Crippen LogP contribution >= 0.6 is 28.1 Å². The van der Waals surface area contributed by atoms with Crippen molar-refractivity contribution in [2.45, 2.75) is 33.7 Å². The lowest BCUT2D eigenvalue weighted by Crippen LogP contribution is -2.43. The SMILES string of the molecule is CCOc1cc(Br)c(C2NC(=S)N=C(C)C2C(C)=O)cc1OCC. The van der Waals surface area contributed by atoms with Crippen LogP contribution in [0.3, 0.4) is 0 Å². The van der Waals surface area contributed by atoms with Crippen LogP contribution in [0.2, 0.25) is 0 Å². The van der Waals surface area contributed by atoms with Crippen LogP contribution in [-0.4, -0.2) is 29.8 Å². The molecule has 0 saturated carbocycles. The summed E-state index contributed by atoms with van der Waals surface area (Å²) in [4.78, 5) is 16.4. The number of hydrogen-bond donors (Lipinski definition) is 1. The second-order valence-electron chi connectivity index (χ2n) is 5.46. The maximum atomic E-state index is 12.2. The number of benzene rings is 1. The number of hydrogen-bond acceptors (Lipinski definition) is 4. The van der Waals surface area contributed by atoms with Gasteiger partial charge in [-0.1, -0.05) is 15.9 Å². The first-order valence-electron chi connectivity index (χ1n) is 7.84. The third-order valence-corrected chi connectivity index (χ3v) is 4.67. The molecule has 24 heavy (non-hydrogen) atoms. The number of ether oxygens (including phenoxy) is 2. The number of aliphatic imine (C=N–C) groups is 1. The van der Waals surface area contributed by atoms with Crippen molar-refractivity contribution in [2.75, 3.05) is 13.2 Å². The summed E-state index contributed by atoms with van der Waals surface area (Å²) in [5, 5.41) is 3.54. The van der Waals surface area contributed by atoms with E-state index in [1.54, 1.807) is 6.92 Å². The normalized spacial score (nSPS) is 20.2. The molecule has 1 aromatic carbocycles. The van der Waals surface area contributed by atoms with E-state index in [0.29, 0.717) is 29.8 Å². The van der Waals surface area contributed by atoms with E-state index in [0.717, 1.165) is 15.7 Å². The Bertz CT molecular complexity index is 691. The molecule has 0 saturated heterocycles. The van der Waals surface area contributed by atoms with Crippen molar-refractivity contribution in [3.63, 3.8) is 0 Å². The quantitative estimate of drug-likeness (QED) is 0.719. The lowest BCUT2D eigenvalue weighted by atomic mass is 9.85. The highest BCUT2D eigenvalue weighted by Crippen LogP contribution is 2.39. The van der Waals surface area contributed by atoms with Gasteiger partial charge in [0.1, 0.15) is 5.78 Å². The lowest BCUT2D eigenvalue weighted by molar-refractivity contribution is -0.119. The van der Waals surface area contributed by atoms with E-state index in [2.05, 4.69) is 26.2 Å². The number of nitrogens with zero attached hydrogens (tertiary/aromatic N) is 1. The fourth-order valence-corrected chi connectivity index (χ4v) is 3.67. The van der Waals surface area contributed by atoms with Crippen molar-refractivity contribution in [3.05, 3.63) is 22.2 Å². The molecule has 0 aromatic heterocycles. The Hall–Kier alpha value is -1.47. The Morgan fingerprint density at radius 1 is 1.29 bits per heavy atom. The maximum absolute atomic E-state index is 12.2. The number of Topliss-reactive ketones (excluding diaryl/α,β-unsaturated/α-hetero) is 1. The van der Waals surface area contributed by atoms with Gasteiger partial charge in [0.25, 0.3) is 0 Å². The number of halogens is 1. The Morgan fingerprint density at radius 2 is 1.88 bits per heavy atom. The number of thiocarbonyl (C=S) groups is 1. The standard InChI is InChI=1S/C17H21BrN2O3S/c1-5-22-13-7-11(12(18)8-14(13)23-6-2)16-15(10(4)21)9(3)19-17(24)20-16/h7-8,15-16H,5-6H2,1-4H3,(H,20,24). The maximum Gasteiger partial charge on any atom is 0.193 e. The first kappa shape index (κ1) is 18.9. The molecular formula is C17H21BrN2O3S. The zero-order chi connectivity index (χ0) is 17.9. The van der Waals surface area contributed by atoms with Crippen LogP contribution in [0.5, 0.6) is 11.5 Å². The molecule has 0 bridgehead atoms. The fraction of sp³-hybridized carbons (Fsp3) is 0.471. The minimum Gasteiger partial charge on any atom is -0.490 e. The predicted octanol–water partition coefficient (Wildman–Crippen LogP) is 3.84. The Labute approximate surface area is 156 Å². The van der Waals surface area contributed by atoms with Crippen LogP contribution in [0.25, 0.3) is 0 Å².